The second kappa shape index (κ2) is 4.31. The Hall–Kier alpha value is -1.95. The van der Waals surface area contributed by atoms with Crippen LogP contribution in [0.3, 0.4) is 0 Å². The number of anilines is 1. The molecule has 3 rings (SSSR count). The van der Waals surface area contributed by atoms with Gasteiger partial charge in [-0.1, -0.05) is 6.07 Å². The number of benzene rings is 1. The summed E-state index contributed by atoms with van der Waals surface area (Å²) in [5, 5.41) is 0. The topological polar surface area (TPSA) is 56.7 Å². The Morgan fingerprint density at radius 3 is 2.84 bits per heavy atom. The van der Waals surface area contributed by atoms with Crippen molar-refractivity contribution in [3.05, 3.63) is 46.3 Å². The number of nitrogen functional groups attached to an aromatic ring is 1. The molecule has 0 aliphatic heterocycles. The number of pyridine rings is 1. The Labute approximate surface area is 117 Å². The molecular weight excluding hydrogens is 311 g/mol. The Bertz CT molecular complexity index is 782. The summed E-state index contributed by atoms with van der Waals surface area (Å²) in [6.45, 7) is 1.71. The molecule has 0 amide bonds. The predicted molar refractivity (Wildman–Crippen MR) is 75.7 cm³/mol. The summed E-state index contributed by atoms with van der Waals surface area (Å²) in [4.78, 5) is 8.51. The van der Waals surface area contributed by atoms with Crippen LogP contribution >= 0.6 is 15.9 Å². The van der Waals surface area contributed by atoms with E-state index in [0.29, 0.717) is 22.4 Å². The lowest BCUT2D eigenvalue weighted by molar-refractivity contribution is 0.617. The first-order valence-electron chi connectivity index (χ1n) is 5.62. The van der Waals surface area contributed by atoms with E-state index in [4.69, 9.17) is 5.73 Å². The minimum absolute atomic E-state index is 0.281. The molecule has 0 radical (unpaired) electrons. The number of aryl methyl sites for hydroxylation is 1. The fourth-order valence-corrected chi connectivity index (χ4v) is 2.25. The lowest BCUT2D eigenvalue weighted by Gasteiger charge is -2.07. The molecule has 3 aromatic rings. The molecule has 6 heteroatoms. The quantitative estimate of drug-likeness (QED) is 0.749. The van der Waals surface area contributed by atoms with Crippen LogP contribution in [0.5, 0.6) is 0 Å². The molecule has 0 saturated heterocycles. The second-order valence-corrected chi connectivity index (χ2v) is 5.15. The molecule has 2 heterocycles. The standard InChI is InChI=1S/C13H10BrFN4/c1-7-2-3-9(5-10(7)15)19-12-11(18-13(19)16)4-8(14)6-17-12/h2-6H,1H3,(H2,16,18). The van der Waals surface area contributed by atoms with Crippen LogP contribution in [0.25, 0.3) is 16.9 Å². The highest BCUT2D eigenvalue weighted by Gasteiger charge is 2.12. The summed E-state index contributed by atoms with van der Waals surface area (Å²) in [5.74, 6) is -0.000264. The van der Waals surface area contributed by atoms with E-state index in [9.17, 15) is 4.39 Å². The summed E-state index contributed by atoms with van der Waals surface area (Å²) < 4.78 is 16.1. The fraction of sp³-hybridized carbons (Fsp3) is 0.0769. The molecule has 0 unspecified atom stereocenters. The minimum atomic E-state index is -0.282. The van der Waals surface area contributed by atoms with Crippen molar-refractivity contribution in [1.29, 1.82) is 0 Å². The van der Waals surface area contributed by atoms with Crippen LogP contribution in [0.15, 0.2) is 34.9 Å². The van der Waals surface area contributed by atoms with Gasteiger partial charge in [0.1, 0.15) is 11.3 Å². The number of aromatic nitrogens is 3. The van der Waals surface area contributed by atoms with Crippen LogP contribution < -0.4 is 5.73 Å². The molecule has 0 fully saturated rings. The summed E-state index contributed by atoms with van der Waals surface area (Å²) in [5.41, 5.74) is 8.35. The van der Waals surface area contributed by atoms with E-state index < -0.39 is 0 Å². The predicted octanol–water partition coefficient (Wildman–Crippen LogP) is 3.21. The lowest BCUT2D eigenvalue weighted by Crippen LogP contribution is -2.02. The summed E-state index contributed by atoms with van der Waals surface area (Å²) in [6.07, 6.45) is 1.66. The zero-order chi connectivity index (χ0) is 13.6. The number of nitrogens with two attached hydrogens (primary N) is 1. The maximum Gasteiger partial charge on any atom is 0.207 e. The molecule has 0 bridgehead atoms. The minimum Gasteiger partial charge on any atom is -0.369 e. The van der Waals surface area contributed by atoms with Crippen molar-refractivity contribution in [2.24, 2.45) is 0 Å². The van der Waals surface area contributed by atoms with Crippen molar-refractivity contribution < 1.29 is 4.39 Å². The van der Waals surface area contributed by atoms with Gasteiger partial charge < -0.3 is 5.73 Å². The van der Waals surface area contributed by atoms with Crippen molar-refractivity contribution in [3.8, 4) is 5.69 Å². The maximum absolute atomic E-state index is 13.7. The first-order chi connectivity index (χ1) is 9.06. The number of imidazole rings is 1. The molecular formula is C13H10BrFN4. The number of nitrogens with zero attached hydrogens (tertiary/aromatic N) is 3. The van der Waals surface area contributed by atoms with Gasteiger partial charge in [-0.2, -0.15) is 0 Å². The van der Waals surface area contributed by atoms with Crippen LogP contribution in [0.1, 0.15) is 5.56 Å². The Balaban J connectivity index is 2.29. The van der Waals surface area contributed by atoms with Gasteiger partial charge in [0.05, 0.1) is 5.69 Å². The highest BCUT2D eigenvalue weighted by Crippen LogP contribution is 2.24. The number of rotatable bonds is 1. The first kappa shape index (κ1) is 12.1. The summed E-state index contributed by atoms with van der Waals surface area (Å²) >= 11 is 3.33. The first-order valence-corrected chi connectivity index (χ1v) is 6.41. The highest BCUT2D eigenvalue weighted by atomic mass is 79.9. The molecule has 19 heavy (non-hydrogen) atoms. The van der Waals surface area contributed by atoms with E-state index in [2.05, 4.69) is 25.9 Å². The molecule has 1 aromatic carbocycles. The van der Waals surface area contributed by atoms with Gasteiger partial charge in [0.2, 0.25) is 5.95 Å². The third-order valence-electron chi connectivity index (χ3n) is 2.90. The van der Waals surface area contributed by atoms with E-state index >= 15 is 0 Å². The van der Waals surface area contributed by atoms with Gasteiger partial charge in [-0.3, -0.25) is 4.57 Å². The van der Waals surface area contributed by atoms with Gasteiger partial charge in [0, 0.05) is 10.7 Å². The van der Waals surface area contributed by atoms with Crippen molar-refractivity contribution in [2.45, 2.75) is 6.92 Å². The molecule has 96 valence electrons. The molecule has 4 nitrogen and oxygen atoms in total. The van der Waals surface area contributed by atoms with Crippen LogP contribution in [0.2, 0.25) is 0 Å². The number of hydrogen-bond acceptors (Lipinski definition) is 3. The number of hydrogen-bond donors (Lipinski definition) is 1. The monoisotopic (exact) mass is 320 g/mol. The SMILES string of the molecule is Cc1ccc(-n2c(N)nc3cc(Br)cnc32)cc1F. The second-order valence-electron chi connectivity index (χ2n) is 4.24. The van der Waals surface area contributed by atoms with Crippen LogP contribution in [0, 0.1) is 12.7 Å². The van der Waals surface area contributed by atoms with Gasteiger partial charge in [0.25, 0.3) is 0 Å². The summed E-state index contributed by atoms with van der Waals surface area (Å²) in [6, 6.07) is 6.74. The number of halogens is 2. The average Bonchev–Trinajstić information content (AvgIpc) is 2.68. The van der Waals surface area contributed by atoms with Crippen molar-refractivity contribution in [1.82, 2.24) is 14.5 Å². The van der Waals surface area contributed by atoms with E-state index in [1.54, 1.807) is 29.8 Å². The molecule has 0 atom stereocenters. The van der Waals surface area contributed by atoms with E-state index in [1.165, 1.54) is 6.07 Å². The zero-order valence-electron chi connectivity index (χ0n) is 10.1. The van der Waals surface area contributed by atoms with Gasteiger partial charge in [-0.05, 0) is 46.6 Å². The van der Waals surface area contributed by atoms with E-state index in [1.807, 2.05) is 6.07 Å². The third kappa shape index (κ3) is 1.98. The highest BCUT2D eigenvalue weighted by molar-refractivity contribution is 9.10. The molecule has 0 spiro atoms. The van der Waals surface area contributed by atoms with E-state index in [0.717, 1.165) is 4.47 Å². The molecule has 0 aliphatic carbocycles. The molecule has 0 aliphatic rings. The fourth-order valence-electron chi connectivity index (χ4n) is 1.93. The van der Waals surface area contributed by atoms with Crippen LogP contribution in [-0.4, -0.2) is 14.5 Å². The van der Waals surface area contributed by atoms with Gasteiger partial charge >= 0.3 is 0 Å². The maximum atomic E-state index is 13.7. The Kier molecular flexibility index (Phi) is 2.74. The van der Waals surface area contributed by atoms with Crippen molar-refractivity contribution >= 4 is 33.0 Å². The molecule has 0 saturated carbocycles. The Morgan fingerprint density at radius 1 is 1.32 bits per heavy atom. The normalized spacial score (nSPS) is 11.1. The lowest BCUT2D eigenvalue weighted by atomic mass is 10.2. The van der Waals surface area contributed by atoms with Crippen LogP contribution in [-0.2, 0) is 0 Å². The van der Waals surface area contributed by atoms with Crippen molar-refractivity contribution in [3.63, 3.8) is 0 Å². The van der Waals surface area contributed by atoms with Gasteiger partial charge in [0.15, 0.2) is 5.65 Å². The van der Waals surface area contributed by atoms with Gasteiger partial charge in [-0.25, -0.2) is 14.4 Å². The molecule has 2 N–H and O–H groups in total. The smallest absolute Gasteiger partial charge is 0.207 e. The Morgan fingerprint density at radius 2 is 2.11 bits per heavy atom. The van der Waals surface area contributed by atoms with E-state index in [-0.39, 0.29) is 11.8 Å². The number of fused-ring (bicyclic) bond motifs is 1. The average molecular weight is 321 g/mol. The molecule has 2 aromatic heterocycles. The largest absolute Gasteiger partial charge is 0.369 e. The third-order valence-corrected chi connectivity index (χ3v) is 3.34. The van der Waals surface area contributed by atoms with Crippen LogP contribution in [0.4, 0.5) is 10.3 Å². The van der Waals surface area contributed by atoms with Gasteiger partial charge in [-0.15, -0.1) is 0 Å². The zero-order valence-corrected chi connectivity index (χ0v) is 11.6. The summed E-state index contributed by atoms with van der Waals surface area (Å²) in [7, 11) is 0. The van der Waals surface area contributed by atoms with Crippen molar-refractivity contribution in [2.75, 3.05) is 5.73 Å².